The van der Waals surface area contributed by atoms with Crippen molar-refractivity contribution in [3.8, 4) is 11.5 Å². The van der Waals surface area contributed by atoms with Gasteiger partial charge in [-0.2, -0.15) is 0 Å². The third kappa shape index (κ3) is 2.77. The highest BCUT2D eigenvalue weighted by Gasteiger charge is 2.52. The Morgan fingerprint density at radius 2 is 1.96 bits per heavy atom. The van der Waals surface area contributed by atoms with E-state index in [4.69, 9.17) is 4.74 Å². The summed E-state index contributed by atoms with van der Waals surface area (Å²) < 4.78 is 5.93. The third-order valence-corrected chi connectivity index (χ3v) is 6.34. The summed E-state index contributed by atoms with van der Waals surface area (Å²) in [6.07, 6.45) is 1.70. The Bertz CT molecular complexity index is 1100. The van der Waals surface area contributed by atoms with E-state index < -0.39 is 5.41 Å². The number of rotatable bonds is 3. The van der Waals surface area contributed by atoms with Gasteiger partial charge in [0.15, 0.2) is 5.75 Å². The van der Waals surface area contributed by atoms with Crippen molar-refractivity contribution in [1.82, 2.24) is 0 Å². The molecule has 1 aliphatic carbocycles. The molecule has 1 aromatic heterocycles. The molecule has 1 fully saturated rings. The maximum absolute atomic E-state index is 12.9. The van der Waals surface area contributed by atoms with Crippen LogP contribution in [0.5, 0.6) is 11.5 Å². The molecule has 0 bridgehead atoms. The summed E-state index contributed by atoms with van der Waals surface area (Å²) in [4.78, 5) is 26.7. The maximum atomic E-state index is 12.9. The Morgan fingerprint density at radius 3 is 2.71 bits per heavy atom. The molecule has 0 spiro atoms. The van der Waals surface area contributed by atoms with Gasteiger partial charge in [-0.1, -0.05) is 12.1 Å². The van der Waals surface area contributed by atoms with Crippen molar-refractivity contribution in [2.24, 2.45) is 0 Å². The summed E-state index contributed by atoms with van der Waals surface area (Å²) in [6.45, 7) is 1.96. The zero-order chi connectivity index (χ0) is 19.3. The first-order chi connectivity index (χ1) is 13.5. The van der Waals surface area contributed by atoms with Crippen molar-refractivity contribution in [3.05, 3.63) is 69.9 Å². The Kier molecular flexibility index (Phi) is 3.77. The quantitative estimate of drug-likeness (QED) is 0.655. The molecule has 0 unspecified atom stereocenters. The van der Waals surface area contributed by atoms with Gasteiger partial charge in [0, 0.05) is 10.6 Å². The van der Waals surface area contributed by atoms with Gasteiger partial charge in [-0.25, -0.2) is 0 Å². The number of thiophene rings is 1. The van der Waals surface area contributed by atoms with E-state index >= 15 is 0 Å². The van der Waals surface area contributed by atoms with E-state index in [1.165, 1.54) is 0 Å². The molecule has 2 aromatic carbocycles. The van der Waals surface area contributed by atoms with Crippen LogP contribution in [0.4, 0.5) is 11.4 Å². The summed E-state index contributed by atoms with van der Waals surface area (Å²) in [5.41, 5.74) is 2.24. The summed E-state index contributed by atoms with van der Waals surface area (Å²) in [6, 6.07) is 14.8. The Morgan fingerprint density at radius 1 is 1.14 bits per heavy atom. The molecular formula is C22H18N2O3S. The predicted molar refractivity (Wildman–Crippen MR) is 110 cm³/mol. The summed E-state index contributed by atoms with van der Waals surface area (Å²) in [5.74, 6) is 0.792. The van der Waals surface area contributed by atoms with Crippen LogP contribution in [0.2, 0.25) is 0 Å². The van der Waals surface area contributed by atoms with Gasteiger partial charge in [0.2, 0.25) is 5.91 Å². The lowest BCUT2D eigenvalue weighted by Gasteiger charge is -2.15. The van der Waals surface area contributed by atoms with Crippen LogP contribution >= 0.6 is 11.3 Å². The van der Waals surface area contributed by atoms with Crippen molar-refractivity contribution in [1.29, 1.82) is 0 Å². The minimum absolute atomic E-state index is 0.0243. The smallest absolute Gasteiger partial charge is 0.259 e. The molecule has 0 atom stereocenters. The lowest BCUT2D eigenvalue weighted by molar-refractivity contribution is -0.118. The molecule has 2 amide bonds. The maximum Gasteiger partial charge on any atom is 0.259 e. The highest BCUT2D eigenvalue weighted by molar-refractivity contribution is 7.10. The number of amides is 2. The molecule has 0 saturated heterocycles. The number of hydrogen-bond acceptors (Lipinski definition) is 4. The van der Waals surface area contributed by atoms with Gasteiger partial charge >= 0.3 is 0 Å². The van der Waals surface area contributed by atoms with Crippen LogP contribution in [-0.4, -0.2) is 11.8 Å². The summed E-state index contributed by atoms with van der Waals surface area (Å²) in [5, 5.41) is 7.87. The van der Waals surface area contributed by atoms with Gasteiger partial charge in [0.1, 0.15) is 5.75 Å². The SMILES string of the molecule is Cc1ccc2c(c1)NC(=O)c1cc(NC(=O)C3(c4cccs4)CC3)ccc1O2. The summed E-state index contributed by atoms with van der Waals surface area (Å²) >= 11 is 1.61. The Hall–Kier alpha value is -3.12. The first-order valence-electron chi connectivity index (χ1n) is 9.14. The van der Waals surface area contributed by atoms with E-state index in [0.717, 1.165) is 23.3 Å². The fourth-order valence-corrected chi connectivity index (χ4v) is 4.51. The zero-order valence-corrected chi connectivity index (χ0v) is 16.1. The Labute approximate surface area is 166 Å². The second-order valence-electron chi connectivity index (χ2n) is 7.28. The van der Waals surface area contributed by atoms with Crippen LogP contribution < -0.4 is 15.4 Å². The van der Waals surface area contributed by atoms with Crippen molar-refractivity contribution >= 4 is 34.5 Å². The summed E-state index contributed by atoms with van der Waals surface area (Å²) in [7, 11) is 0. The molecule has 3 aromatic rings. The van der Waals surface area contributed by atoms with Crippen molar-refractivity contribution in [2.45, 2.75) is 25.2 Å². The van der Waals surface area contributed by atoms with E-state index in [-0.39, 0.29) is 11.8 Å². The third-order valence-electron chi connectivity index (χ3n) is 5.26. The van der Waals surface area contributed by atoms with Crippen LogP contribution in [0, 0.1) is 6.92 Å². The van der Waals surface area contributed by atoms with Gasteiger partial charge in [-0.05, 0) is 67.1 Å². The number of nitrogens with one attached hydrogen (secondary N) is 2. The first-order valence-corrected chi connectivity index (χ1v) is 10.0. The van der Waals surface area contributed by atoms with Gasteiger partial charge < -0.3 is 15.4 Å². The van der Waals surface area contributed by atoms with Crippen molar-refractivity contribution in [2.75, 3.05) is 10.6 Å². The van der Waals surface area contributed by atoms with Gasteiger partial charge in [-0.15, -0.1) is 11.3 Å². The standard InChI is InChI=1S/C22H18N2O3S/c1-13-4-6-18-16(11-13)24-20(25)15-12-14(5-7-17(15)27-18)23-21(26)22(8-9-22)19-3-2-10-28-19/h2-7,10-12H,8-9H2,1H3,(H,23,26)(H,24,25). The molecule has 2 heterocycles. The number of anilines is 2. The lowest BCUT2D eigenvalue weighted by Crippen LogP contribution is -2.27. The van der Waals surface area contributed by atoms with Gasteiger partial charge in [-0.3, -0.25) is 9.59 Å². The van der Waals surface area contributed by atoms with Crippen LogP contribution in [0.3, 0.4) is 0 Å². The van der Waals surface area contributed by atoms with Crippen LogP contribution in [0.25, 0.3) is 0 Å². The molecule has 5 nitrogen and oxygen atoms in total. The molecule has 140 valence electrons. The molecule has 1 saturated carbocycles. The molecule has 1 aliphatic heterocycles. The lowest BCUT2D eigenvalue weighted by atomic mass is 10.0. The molecule has 0 radical (unpaired) electrons. The fourth-order valence-electron chi connectivity index (χ4n) is 3.52. The van der Waals surface area contributed by atoms with E-state index in [9.17, 15) is 9.59 Å². The Balaban J connectivity index is 1.43. The van der Waals surface area contributed by atoms with Crippen LogP contribution in [0.1, 0.15) is 33.6 Å². The molecular weight excluding hydrogens is 372 g/mol. The van der Waals surface area contributed by atoms with Crippen LogP contribution in [-0.2, 0) is 10.2 Å². The molecule has 2 aliphatic rings. The average molecular weight is 390 g/mol. The molecule has 2 N–H and O–H groups in total. The minimum Gasteiger partial charge on any atom is -0.454 e. The second-order valence-corrected chi connectivity index (χ2v) is 8.23. The second kappa shape index (κ2) is 6.21. The number of hydrogen-bond donors (Lipinski definition) is 2. The number of fused-ring (bicyclic) bond motifs is 2. The first kappa shape index (κ1) is 17.0. The number of carbonyl (C=O) groups is 2. The predicted octanol–water partition coefficient (Wildman–Crippen LogP) is 5.08. The zero-order valence-electron chi connectivity index (χ0n) is 15.2. The minimum atomic E-state index is -0.423. The highest BCUT2D eigenvalue weighted by atomic mass is 32.1. The van der Waals surface area contributed by atoms with Crippen LogP contribution in [0.15, 0.2) is 53.9 Å². The molecule has 6 heteroatoms. The van der Waals surface area contributed by atoms with E-state index in [2.05, 4.69) is 10.6 Å². The molecule has 5 rings (SSSR count). The number of ether oxygens (including phenoxy) is 1. The van der Waals surface area contributed by atoms with E-state index in [1.54, 1.807) is 29.5 Å². The largest absolute Gasteiger partial charge is 0.454 e. The van der Waals surface area contributed by atoms with Crippen molar-refractivity contribution in [3.63, 3.8) is 0 Å². The average Bonchev–Trinajstić information content (AvgIpc) is 3.34. The normalized spacial score (nSPS) is 16.1. The molecule has 28 heavy (non-hydrogen) atoms. The number of aryl methyl sites for hydroxylation is 1. The fraction of sp³-hybridized carbons (Fsp3) is 0.182. The number of benzene rings is 2. The topological polar surface area (TPSA) is 67.4 Å². The van der Waals surface area contributed by atoms with E-state index in [1.807, 2.05) is 42.6 Å². The van der Waals surface area contributed by atoms with Crippen molar-refractivity contribution < 1.29 is 14.3 Å². The highest BCUT2D eigenvalue weighted by Crippen LogP contribution is 2.50. The van der Waals surface area contributed by atoms with Gasteiger partial charge in [0.25, 0.3) is 5.91 Å². The van der Waals surface area contributed by atoms with Gasteiger partial charge in [0.05, 0.1) is 16.7 Å². The van der Waals surface area contributed by atoms with E-state index in [0.29, 0.717) is 28.4 Å². The monoisotopic (exact) mass is 390 g/mol. The number of carbonyl (C=O) groups excluding carboxylic acids is 2.